The standard InChI is InChI=1S/C60H39N3/c1-38-16-22-42(23-17-38)59(53-14-8-6-12-47(53)49-32-40(36-61)20-28-55(49)59)44-26-30-57-51(34-44)52-35-45(27-31-58(52)63(57)46-10-4-3-5-11-46)60(43-24-18-39(2)19-25-43)54-15-9-7-13-48(54)50-33-41(37-62)21-29-56(50)60/h3-35H,1-2H3. The minimum absolute atomic E-state index is 0.647. The summed E-state index contributed by atoms with van der Waals surface area (Å²) in [5.74, 6) is 0. The van der Waals surface area contributed by atoms with E-state index in [1.807, 2.05) is 12.1 Å². The molecule has 2 aliphatic rings. The zero-order valence-electron chi connectivity index (χ0n) is 34.9. The van der Waals surface area contributed by atoms with E-state index in [-0.39, 0.29) is 0 Å². The molecule has 12 rings (SSSR count). The molecular weight excluding hydrogens is 763 g/mol. The van der Waals surface area contributed by atoms with Crippen molar-refractivity contribution in [1.82, 2.24) is 4.57 Å². The van der Waals surface area contributed by atoms with Gasteiger partial charge in [0.1, 0.15) is 0 Å². The van der Waals surface area contributed by atoms with Crippen molar-refractivity contribution >= 4 is 21.8 Å². The van der Waals surface area contributed by atoms with Crippen LogP contribution in [0.25, 0.3) is 49.7 Å². The maximum Gasteiger partial charge on any atom is 0.0991 e. The molecule has 294 valence electrons. The third kappa shape index (κ3) is 5.00. The maximum atomic E-state index is 10.1. The van der Waals surface area contributed by atoms with Crippen LogP contribution < -0.4 is 0 Å². The Bertz CT molecular complexity index is 3380. The molecule has 0 saturated heterocycles. The summed E-state index contributed by atoms with van der Waals surface area (Å²) in [4.78, 5) is 0. The van der Waals surface area contributed by atoms with Crippen molar-refractivity contribution in [1.29, 1.82) is 10.5 Å². The van der Waals surface area contributed by atoms with Crippen molar-refractivity contribution in [2.75, 3.05) is 0 Å². The van der Waals surface area contributed by atoms with Gasteiger partial charge in [0.2, 0.25) is 0 Å². The Balaban J connectivity index is 1.21. The lowest BCUT2D eigenvalue weighted by Gasteiger charge is -2.34. The van der Waals surface area contributed by atoms with E-state index in [4.69, 9.17) is 0 Å². The second-order valence-corrected chi connectivity index (χ2v) is 17.2. The number of para-hydroxylation sites is 1. The zero-order valence-corrected chi connectivity index (χ0v) is 34.9. The number of benzene rings is 9. The van der Waals surface area contributed by atoms with Gasteiger partial charge >= 0.3 is 0 Å². The molecule has 2 atom stereocenters. The van der Waals surface area contributed by atoms with Gasteiger partial charge in [-0.25, -0.2) is 0 Å². The van der Waals surface area contributed by atoms with E-state index in [9.17, 15) is 10.5 Å². The van der Waals surface area contributed by atoms with Gasteiger partial charge in [-0.05, 0) is 141 Å². The first-order valence-electron chi connectivity index (χ1n) is 21.5. The predicted molar refractivity (Wildman–Crippen MR) is 254 cm³/mol. The fourth-order valence-electron chi connectivity index (χ4n) is 11.2. The highest BCUT2D eigenvalue weighted by Gasteiger charge is 2.48. The van der Waals surface area contributed by atoms with E-state index >= 15 is 0 Å². The number of hydrogen-bond acceptors (Lipinski definition) is 2. The summed E-state index contributed by atoms with van der Waals surface area (Å²) < 4.78 is 2.40. The average molecular weight is 802 g/mol. The third-order valence-electron chi connectivity index (χ3n) is 14.0. The number of fused-ring (bicyclic) bond motifs is 9. The summed E-state index contributed by atoms with van der Waals surface area (Å²) in [5.41, 5.74) is 19.7. The first kappa shape index (κ1) is 36.6. The molecule has 0 spiro atoms. The summed E-state index contributed by atoms with van der Waals surface area (Å²) in [6, 6.07) is 77.6. The molecule has 3 heteroatoms. The van der Waals surface area contributed by atoms with E-state index < -0.39 is 10.8 Å². The fraction of sp³-hybridized carbons (Fsp3) is 0.0667. The summed E-state index contributed by atoms with van der Waals surface area (Å²) in [5, 5.41) is 22.5. The summed E-state index contributed by atoms with van der Waals surface area (Å²) in [6.07, 6.45) is 0. The van der Waals surface area contributed by atoms with Crippen LogP contribution in [0, 0.1) is 36.5 Å². The first-order valence-corrected chi connectivity index (χ1v) is 21.5. The monoisotopic (exact) mass is 801 g/mol. The second kappa shape index (κ2) is 13.6. The quantitative estimate of drug-likeness (QED) is 0.174. The summed E-state index contributed by atoms with van der Waals surface area (Å²) >= 11 is 0. The molecule has 10 aromatic rings. The van der Waals surface area contributed by atoms with Crippen LogP contribution in [0.15, 0.2) is 200 Å². The van der Waals surface area contributed by atoms with Gasteiger partial charge in [-0.3, -0.25) is 0 Å². The molecule has 0 radical (unpaired) electrons. The highest BCUT2D eigenvalue weighted by molar-refractivity contribution is 6.10. The smallest absolute Gasteiger partial charge is 0.0991 e. The highest BCUT2D eigenvalue weighted by Crippen LogP contribution is 2.59. The summed E-state index contributed by atoms with van der Waals surface area (Å²) in [7, 11) is 0. The number of aryl methyl sites for hydroxylation is 2. The Morgan fingerprint density at radius 1 is 0.365 bits per heavy atom. The molecule has 0 bridgehead atoms. The van der Waals surface area contributed by atoms with E-state index in [2.05, 4.69) is 219 Å². The number of nitriles is 2. The molecule has 9 aromatic carbocycles. The van der Waals surface area contributed by atoms with Gasteiger partial charge in [0, 0.05) is 16.5 Å². The lowest BCUT2D eigenvalue weighted by molar-refractivity contribution is 0.769. The average Bonchev–Trinajstić information content (AvgIpc) is 3.94. The maximum absolute atomic E-state index is 10.1. The molecule has 1 aromatic heterocycles. The van der Waals surface area contributed by atoms with E-state index in [1.54, 1.807) is 0 Å². The Labute approximate surface area is 367 Å². The Morgan fingerprint density at radius 2 is 0.762 bits per heavy atom. The van der Waals surface area contributed by atoms with E-state index in [0.717, 1.165) is 49.7 Å². The molecule has 2 aliphatic carbocycles. The highest BCUT2D eigenvalue weighted by atomic mass is 15.0. The normalized spacial score (nSPS) is 16.8. The minimum Gasteiger partial charge on any atom is -0.309 e. The lowest BCUT2D eigenvalue weighted by Crippen LogP contribution is -2.28. The van der Waals surface area contributed by atoms with Crippen LogP contribution in [-0.4, -0.2) is 4.57 Å². The molecule has 0 aliphatic heterocycles. The molecule has 1 heterocycles. The minimum atomic E-state index is -0.647. The number of hydrogen-bond donors (Lipinski definition) is 0. The van der Waals surface area contributed by atoms with Crippen LogP contribution in [-0.2, 0) is 10.8 Å². The molecule has 0 fully saturated rings. The SMILES string of the molecule is Cc1ccc(C2(c3ccc4c(c3)c3cc(C5(c6ccc(C)cc6)c6ccccc6-c6cc(C#N)ccc65)ccc3n4-c3ccccc3)c3ccccc3-c3cc(C#N)ccc32)cc1. The fourth-order valence-corrected chi connectivity index (χ4v) is 11.2. The summed E-state index contributed by atoms with van der Waals surface area (Å²) in [6.45, 7) is 4.28. The van der Waals surface area contributed by atoms with Crippen LogP contribution in [0.1, 0.15) is 66.8 Å². The van der Waals surface area contributed by atoms with Crippen LogP contribution in [0.5, 0.6) is 0 Å². The predicted octanol–water partition coefficient (Wildman–Crippen LogP) is 13.9. The van der Waals surface area contributed by atoms with Crippen molar-refractivity contribution in [3.63, 3.8) is 0 Å². The van der Waals surface area contributed by atoms with E-state index in [1.165, 1.54) is 55.6 Å². The van der Waals surface area contributed by atoms with Gasteiger partial charge in [0.15, 0.2) is 0 Å². The van der Waals surface area contributed by atoms with Crippen molar-refractivity contribution in [3.8, 4) is 40.1 Å². The number of rotatable bonds is 5. The molecule has 0 saturated carbocycles. The third-order valence-corrected chi connectivity index (χ3v) is 14.0. The van der Waals surface area contributed by atoms with Gasteiger partial charge in [-0.1, -0.05) is 151 Å². The molecule has 0 amide bonds. The lowest BCUT2D eigenvalue weighted by atomic mass is 9.67. The van der Waals surface area contributed by atoms with Crippen molar-refractivity contribution in [2.24, 2.45) is 0 Å². The van der Waals surface area contributed by atoms with Gasteiger partial charge in [0.25, 0.3) is 0 Å². The van der Waals surface area contributed by atoms with Gasteiger partial charge in [-0.15, -0.1) is 0 Å². The van der Waals surface area contributed by atoms with Gasteiger partial charge in [-0.2, -0.15) is 10.5 Å². The van der Waals surface area contributed by atoms with Crippen molar-refractivity contribution in [2.45, 2.75) is 24.7 Å². The molecule has 0 N–H and O–H groups in total. The molecule has 63 heavy (non-hydrogen) atoms. The number of nitrogens with zero attached hydrogens (tertiary/aromatic N) is 3. The molecule has 2 unspecified atom stereocenters. The zero-order chi connectivity index (χ0) is 42.5. The Kier molecular flexibility index (Phi) is 7.92. The van der Waals surface area contributed by atoms with Crippen LogP contribution in [0.2, 0.25) is 0 Å². The molecular formula is C60H39N3. The Morgan fingerprint density at radius 3 is 1.21 bits per heavy atom. The Hall–Kier alpha value is -8.24. The topological polar surface area (TPSA) is 52.5 Å². The van der Waals surface area contributed by atoms with Gasteiger partial charge in [0.05, 0.1) is 45.1 Å². The molecule has 3 nitrogen and oxygen atoms in total. The van der Waals surface area contributed by atoms with Crippen molar-refractivity contribution in [3.05, 3.63) is 267 Å². The first-order chi connectivity index (χ1) is 30.9. The number of aromatic nitrogens is 1. The van der Waals surface area contributed by atoms with Gasteiger partial charge < -0.3 is 4.57 Å². The second-order valence-electron chi connectivity index (χ2n) is 17.2. The van der Waals surface area contributed by atoms with Crippen LogP contribution in [0.3, 0.4) is 0 Å². The van der Waals surface area contributed by atoms with Crippen LogP contribution >= 0.6 is 0 Å². The van der Waals surface area contributed by atoms with E-state index in [0.29, 0.717) is 11.1 Å². The largest absolute Gasteiger partial charge is 0.309 e. The van der Waals surface area contributed by atoms with Crippen molar-refractivity contribution < 1.29 is 0 Å². The van der Waals surface area contributed by atoms with Crippen LogP contribution in [0.4, 0.5) is 0 Å².